The molecule has 4 aromatic rings. The summed E-state index contributed by atoms with van der Waals surface area (Å²) in [7, 11) is 0. The molecule has 0 saturated heterocycles. The topological polar surface area (TPSA) is 31.6 Å². The van der Waals surface area contributed by atoms with E-state index in [1.807, 2.05) is 0 Å². The SMILES string of the molecule is CCCCCC(c1c[nH]c2ccccc12)c1c[nH]c2ccccc12. The van der Waals surface area contributed by atoms with Crippen LogP contribution in [0.2, 0.25) is 0 Å². The molecule has 2 nitrogen and oxygen atoms in total. The van der Waals surface area contributed by atoms with E-state index in [1.165, 1.54) is 58.6 Å². The molecule has 0 spiro atoms. The van der Waals surface area contributed by atoms with Crippen molar-refractivity contribution < 1.29 is 0 Å². The van der Waals surface area contributed by atoms with Gasteiger partial charge in [-0.3, -0.25) is 0 Å². The second kappa shape index (κ2) is 6.56. The first-order valence-electron chi connectivity index (χ1n) is 9.00. The number of para-hydroxylation sites is 2. The molecule has 0 aliphatic rings. The van der Waals surface area contributed by atoms with Crippen molar-refractivity contribution in [2.45, 2.75) is 38.5 Å². The van der Waals surface area contributed by atoms with Crippen LogP contribution in [-0.4, -0.2) is 9.97 Å². The monoisotopic (exact) mass is 316 g/mol. The average Bonchev–Trinajstić information content (AvgIpc) is 3.24. The van der Waals surface area contributed by atoms with E-state index in [0.29, 0.717) is 5.92 Å². The first-order chi connectivity index (χ1) is 11.9. The zero-order valence-corrected chi connectivity index (χ0v) is 14.2. The Morgan fingerprint density at radius 3 is 1.83 bits per heavy atom. The van der Waals surface area contributed by atoms with Gasteiger partial charge in [0.25, 0.3) is 0 Å². The number of aromatic nitrogens is 2. The van der Waals surface area contributed by atoms with Crippen molar-refractivity contribution >= 4 is 21.8 Å². The summed E-state index contributed by atoms with van der Waals surface area (Å²) >= 11 is 0. The number of rotatable bonds is 6. The molecular weight excluding hydrogens is 292 g/mol. The normalized spacial score (nSPS) is 11.8. The molecule has 0 unspecified atom stereocenters. The molecule has 2 heteroatoms. The third kappa shape index (κ3) is 2.62. The largest absolute Gasteiger partial charge is 0.361 e. The molecule has 122 valence electrons. The van der Waals surface area contributed by atoms with Crippen LogP contribution in [0.3, 0.4) is 0 Å². The Bertz CT molecular complexity index is 871. The lowest BCUT2D eigenvalue weighted by molar-refractivity contribution is 0.623. The maximum absolute atomic E-state index is 3.46. The van der Waals surface area contributed by atoms with Crippen LogP contribution in [0.4, 0.5) is 0 Å². The average molecular weight is 316 g/mol. The maximum atomic E-state index is 3.46. The summed E-state index contributed by atoms with van der Waals surface area (Å²) in [5, 5.41) is 2.70. The van der Waals surface area contributed by atoms with Gasteiger partial charge in [0.2, 0.25) is 0 Å². The summed E-state index contributed by atoms with van der Waals surface area (Å²) < 4.78 is 0. The van der Waals surface area contributed by atoms with Gasteiger partial charge < -0.3 is 9.97 Å². The minimum Gasteiger partial charge on any atom is -0.361 e. The predicted octanol–water partition coefficient (Wildman–Crippen LogP) is 6.36. The smallest absolute Gasteiger partial charge is 0.0457 e. The highest BCUT2D eigenvalue weighted by Gasteiger charge is 2.20. The predicted molar refractivity (Wildman–Crippen MR) is 103 cm³/mol. The standard InChI is InChI=1S/C22H24N2/c1-2-3-4-9-16(19-14-23-21-12-7-5-10-17(19)21)20-15-24-22-13-8-6-11-18(20)22/h5-8,10-16,23-24H,2-4,9H2,1H3. The van der Waals surface area contributed by atoms with Gasteiger partial charge in [-0.05, 0) is 29.7 Å². The van der Waals surface area contributed by atoms with Crippen LogP contribution in [0, 0.1) is 0 Å². The molecule has 24 heavy (non-hydrogen) atoms. The molecule has 0 bridgehead atoms. The van der Waals surface area contributed by atoms with Crippen molar-refractivity contribution in [1.82, 2.24) is 9.97 Å². The third-order valence-electron chi connectivity index (χ3n) is 5.09. The fraction of sp³-hybridized carbons (Fsp3) is 0.273. The number of H-pyrrole nitrogens is 2. The summed E-state index contributed by atoms with van der Waals surface area (Å²) in [5.41, 5.74) is 5.30. The number of unbranched alkanes of at least 4 members (excludes halogenated alkanes) is 2. The molecule has 2 aromatic heterocycles. The number of benzene rings is 2. The molecule has 0 aliphatic heterocycles. The van der Waals surface area contributed by atoms with E-state index in [1.54, 1.807) is 0 Å². The minimum atomic E-state index is 0.434. The van der Waals surface area contributed by atoms with Gasteiger partial charge in [-0.2, -0.15) is 0 Å². The first kappa shape index (κ1) is 15.1. The highest BCUT2D eigenvalue weighted by Crippen LogP contribution is 2.37. The number of fused-ring (bicyclic) bond motifs is 2. The molecule has 0 aliphatic carbocycles. The Morgan fingerprint density at radius 2 is 1.29 bits per heavy atom. The van der Waals surface area contributed by atoms with Crippen molar-refractivity contribution in [2.75, 3.05) is 0 Å². The Morgan fingerprint density at radius 1 is 0.750 bits per heavy atom. The van der Waals surface area contributed by atoms with Crippen LogP contribution in [-0.2, 0) is 0 Å². The minimum absolute atomic E-state index is 0.434. The molecule has 0 radical (unpaired) electrons. The van der Waals surface area contributed by atoms with E-state index in [4.69, 9.17) is 0 Å². The molecule has 4 rings (SSSR count). The van der Waals surface area contributed by atoms with Crippen molar-refractivity contribution in [2.24, 2.45) is 0 Å². The van der Waals surface area contributed by atoms with Crippen LogP contribution in [0.1, 0.15) is 49.7 Å². The van der Waals surface area contributed by atoms with E-state index in [2.05, 4.69) is 77.8 Å². The Hall–Kier alpha value is -2.48. The van der Waals surface area contributed by atoms with Crippen LogP contribution < -0.4 is 0 Å². The van der Waals surface area contributed by atoms with Crippen LogP contribution in [0.5, 0.6) is 0 Å². The lowest BCUT2D eigenvalue weighted by atomic mass is 9.86. The summed E-state index contributed by atoms with van der Waals surface area (Å²) in [4.78, 5) is 6.92. The molecule has 2 N–H and O–H groups in total. The summed E-state index contributed by atoms with van der Waals surface area (Å²) in [6.07, 6.45) is 9.43. The second-order valence-corrected chi connectivity index (χ2v) is 6.63. The van der Waals surface area contributed by atoms with Crippen LogP contribution >= 0.6 is 0 Å². The van der Waals surface area contributed by atoms with Gasteiger partial charge in [0, 0.05) is 40.1 Å². The Labute approximate surface area is 142 Å². The number of hydrogen-bond acceptors (Lipinski definition) is 0. The quantitative estimate of drug-likeness (QED) is 0.388. The van der Waals surface area contributed by atoms with Gasteiger partial charge in [-0.15, -0.1) is 0 Å². The van der Waals surface area contributed by atoms with Crippen molar-refractivity contribution in [3.8, 4) is 0 Å². The molecule has 2 aromatic carbocycles. The van der Waals surface area contributed by atoms with Gasteiger partial charge in [0.15, 0.2) is 0 Å². The second-order valence-electron chi connectivity index (χ2n) is 6.63. The number of nitrogens with one attached hydrogen (secondary N) is 2. The summed E-state index contributed by atoms with van der Waals surface area (Å²) in [5.74, 6) is 0.434. The van der Waals surface area contributed by atoms with E-state index < -0.39 is 0 Å². The van der Waals surface area contributed by atoms with Crippen LogP contribution in [0.15, 0.2) is 60.9 Å². The number of hydrogen-bond donors (Lipinski definition) is 2. The lowest BCUT2D eigenvalue weighted by Crippen LogP contribution is -2.00. The van der Waals surface area contributed by atoms with Gasteiger partial charge in [0.1, 0.15) is 0 Å². The van der Waals surface area contributed by atoms with E-state index in [0.717, 1.165) is 0 Å². The van der Waals surface area contributed by atoms with E-state index in [9.17, 15) is 0 Å². The highest BCUT2D eigenvalue weighted by atomic mass is 14.7. The first-order valence-corrected chi connectivity index (χ1v) is 9.00. The van der Waals surface area contributed by atoms with Gasteiger partial charge in [0.05, 0.1) is 0 Å². The van der Waals surface area contributed by atoms with Gasteiger partial charge in [-0.25, -0.2) is 0 Å². The molecular formula is C22H24N2. The lowest BCUT2D eigenvalue weighted by Gasteiger charge is -2.16. The fourth-order valence-corrected chi connectivity index (χ4v) is 3.84. The summed E-state index contributed by atoms with van der Waals surface area (Å²) in [6.45, 7) is 2.27. The summed E-state index contributed by atoms with van der Waals surface area (Å²) in [6, 6.07) is 17.3. The third-order valence-corrected chi connectivity index (χ3v) is 5.09. The molecule has 0 fully saturated rings. The van der Waals surface area contributed by atoms with Crippen LogP contribution in [0.25, 0.3) is 21.8 Å². The maximum Gasteiger partial charge on any atom is 0.0457 e. The van der Waals surface area contributed by atoms with Crippen molar-refractivity contribution in [3.05, 3.63) is 72.1 Å². The zero-order valence-electron chi connectivity index (χ0n) is 14.2. The van der Waals surface area contributed by atoms with E-state index >= 15 is 0 Å². The molecule has 0 atom stereocenters. The molecule has 0 amide bonds. The molecule has 0 saturated carbocycles. The van der Waals surface area contributed by atoms with Crippen molar-refractivity contribution in [3.63, 3.8) is 0 Å². The van der Waals surface area contributed by atoms with Crippen molar-refractivity contribution in [1.29, 1.82) is 0 Å². The molecule has 2 heterocycles. The number of aromatic amines is 2. The van der Waals surface area contributed by atoms with Gasteiger partial charge >= 0.3 is 0 Å². The Balaban J connectivity index is 1.82. The highest BCUT2D eigenvalue weighted by molar-refractivity contribution is 5.88. The fourth-order valence-electron chi connectivity index (χ4n) is 3.84. The van der Waals surface area contributed by atoms with E-state index in [-0.39, 0.29) is 0 Å². The Kier molecular flexibility index (Phi) is 4.12. The van der Waals surface area contributed by atoms with Gasteiger partial charge in [-0.1, -0.05) is 62.6 Å². The zero-order chi connectivity index (χ0) is 16.4.